The van der Waals surface area contributed by atoms with Crippen molar-refractivity contribution in [1.82, 2.24) is 19.1 Å². The molecule has 0 bridgehead atoms. The van der Waals surface area contributed by atoms with Crippen LogP contribution < -0.4 is 16.7 Å². The van der Waals surface area contributed by atoms with Crippen LogP contribution in [-0.4, -0.2) is 25.3 Å². The standard InChI is InChI=1S/C21H18ClFN6O2/c1-12-6-8-13(9-7-12)10-24-27-20-25-18-17(19(30)26-21(31)28(18)2)29(20)11-14-15(22)4-3-5-16(14)23/h3-10H,11H2,1-2H3,(H,25,27)(H,26,30,31)/b24-10-. The van der Waals surface area contributed by atoms with E-state index >= 15 is 0 Å². The van der Waals surface area contributed by atoms with Crippen molar-refractivity contribution in [2.75, 3.05) is 5.43 Å². The van der Waals surface area contributed by atoms with E-state index in [2.05, 4.69) is 20.5 Å². The van der Waals surface area contributed by atoms with Gasteiger partial charge in [-0.25, -0.2) is 14.6 Å². The number of imidazole rings is 1. The number of aromatic amines is 1. The fourth-order valence-electron chi connectivity index (χ4n) is 3.13. The highest BCUT2D eigenvalue weighted by Crippen LogP contribution is 2.24. The third-order valence-electron chi connectivity index (χ3n) is 4.84. The first-order valence-corrected chi connectivity index (χ1v) is 9.71. The largest absolute Gasteiger partial charge is 0.329 e. The van der Waals surface area contributed by atoms with E-state index in [1.807, 2.05) is 31.2 Å². The smallest absolute Gasteiger partial charge is 0.298 e. The number of H-pyrrole nitrogens is 1. The second kappa shape index (κ2) is 8.19. The van der Waals surface area contributed by atoms with E-state index in [0.717, 1.165) is 11.1 Å². The lowest BCUT2D eigenvalue weighted by atomic mass is 10.2. The molecule has 2 aromatic carbocycles. The molecule has 0 saturated carbocycles. The number of hydrogen-bond donors (Lipinski definition) is 2. The molecule has 2 aromatic heterocycles. The van der Waals surface area contributed by atoms with E-state index in [1.54, 1.807) is 12.3 Å². The zero-order valence-electron chi connectivity index (χ0n) is 16.7. The molecule has 2 N–H and O–H groups in total. The molecular formula is C21H18ClFN6O2. The molecule has 158 valence electrons. The van der Waals surface area contributed by atoms with Crippen LogP contribution >= 0.6 is 11.6 Å². The third-order valence-corrected chi connectivity index (χ3v) is 5.19. The minimum Gasteiger partial charge on any atom is -0.298 e. The monoisotopic (exact) mass is 440 g/mol. The Labute approximate surface area is 180 Å². The summed E-state index contributed by atoms with van der Waals surface area (Å²) in [5.41, 5.74) is 3.91. The number of benzene rings is 2. The zero-order valence-corrected chi connectivity index (χ0v) is 17.4. The Balaban J connectivity index is 1.82. The van der Waals surface area contributed by atoms with Crippen LogP contribution in [0.15, 0.2) is 57.2 Å². The fourth-order valence-corrected chi connectivity index (χ4v) is 3.36. The average Bonchev–Trinajstić information content (AvgIpc) is 3.09. The molecule has 31 heavy (non-hydrogen) atoms. The molecule has 0 amide bonds. The van der Waals surface area contributed by atoms with Gasteiger partial charge in [-0.15, -0.1) is 0 Å². The number of aryl methyl sites for hydroxylation is 2. The summed E-state index contributed by atoms with van der Waals surface area (Å²) in [5.74, 6) is -0.367. The first kappa shape index (κ1) is 20.5. The first-order valence-electron chi connectivity index (χ1n) is 9.33. The van der Waals surface area contributed by atoms with Crippen molar-refractivity contribution in [2.45, 2.75) is 13.5 Å². The summed E-state index contributed by atoms with van der Waals surface area (Å²) in [5, 5.41) is 4.39. The van der Waals surface area contributed by atoms with Gasteiger partial charge < -0.3 is 0 Å². The lowest BCUT2D eigenvalue weighted by Crippen LogP contribution is -2.29. The van der Waals surface area contributed by atoms with Crippen molar-refractivity contribution < 1.29 is 4.39 Å². The molecule has 0 radical (unpaired) electrons. The van der Waals surface area contributed by atoms with Gasteiger partial charge in [0.1, 0.15) is 5.82 Å². The molecule has 4 aromatic rings. The number of nitrogens with one attached hydrogen (secondary N) is 2. The van der Waals surface area contributed by atoms with E-state index in [1.165, 1.54) is 28.3 Å². The minimum absolute atomic E-state index is 0.0916. The van der Waals surface area contributed by atoms with Crippen molar-refractivity contribution in [2.24, 2.45) is 12.1 Å². The third kappa shape index (κ3) is 3.99. The molecule has 0 aliphatic rings. The van der Waals surface area contributed by atoms with Gasteiger partial charge in [-0.05, 0) is 24.6 Å². The summed E-state index contributed by atoms with van der Waals surface area (Å²) >= 11 is 6.18. The van der Waals surface area contributed by atoms with Crippen LogP contribution in [0.25, 0.3) is 11.2 Å². The predicted molar refractivity (Wildman–Crippen MR) is 119 cm³/mol. The SMILES string of the molecule is Cc1ccc(/C=N\Nc2nc3c(c(=O)[nH]c(=O)n3C)n2Cc2c(F)cccc2Cl)cc1. The average molecular weight is 441 g/mol. The minimum atomic E-state index is -0.645. The van der Waals surface area contributed by atoms with Crippen molar-refractivity contribution in [3.8, 4) is 0 Å². The molecule has 0 spiro atoms. The Morgan fingerprint density at radius 3 is 2.68 bits per heavy atom. The summed E-state index contributed by atoms with van der Waals surface area (Å²) in [4.78, 5) is 31.1. The number of nitrogens with zero attached hydrogens (tertiary/aromatic N) is 4. The van der Waals surface area contributed by atoms with Crippen LogP contribution in [0.1, 0.15) is 16.7 Å². The molecule has 0 atom stereocenters. The van der Waals surface area contributed by atoms with Crippen LogP contribution in [0.4, 0.5) is 10.3 Å². The molecular weight excluding hydrogens is 423 g/mol. The predicted octanol–water partition coefficient (Wildman–Crippen LogP) is 3.02. The number of hydrogen-bond acceptors (Lipinski definition) is 5. The molecule has 2 heterocycles. The Morgan fingerprint density at radius 2 is 1.97 bits per heavy atom. The van der Waals surface area contributed by atoms with Crippen LogP contribution in [0.5, 0.6) is 0 Å². The first-order chi connectivity index (χ1) is 14.8. The number of anilines is 1. The lowest BCUT2D eigenvalue weighted by Gasteiger charge is -2.10. The number of fused-ring (bicyclic) bond motifs is 1. The second-order valence-electron chi connectivity index (χ2n) is 6.99. The Bertz CT molecular complexity index is 1400. The molecule has 0 fully saturated rings. The summed E-state index contributed by atoms with van der Waals surface area (Å²) in [6.07, 6.45) is 1.59. The van der Waals surface area contributed by atoms with Crippen molar-refractivity contribution in [1.29, 1.82) is 0 Å². The van der Waals surface area contributed by atoms with Crippen LogP contribution in [0, 0.1) is 12.7 Å². The Morgan fingerprint density at radius 1 is 1.23 bits per heavy atom. The van der Waals surface area contributed by atoms with Crippen LogP contribution in [0.3, 0.4) is 0 Å². The second-order valence-corrected chi connectivity index (χ2v) is 7.40. The maximum Gasteiger partial charge on any atom is 0.329 e. The summed E-state index contributed by atoms with van der Waals surface area (Å²) in [7, 11) is 1.48. The van der Waals surface area contributed by atoms with Gasteiger partial charge in [0, 0.05) is 17.6 Å². The summed E-state index contributed by atoms with van der Waals surface area (Å²) < 4.78 is 17.0. The molecule has 4 rings (SSSR count). The highest BCUT2D eigenvalue weighted by atomic mass is 35.5. The van der Waals surface area contributed by atoms with Crippen molar-refractivity contribution in [3.63, 3.8) is 0 Å². The Kier molecular flexibility index (Phi) is 5.43. The van der Waals surface area contributed by atoms with E-state index in [4.69, 9.17) is 11.6 Å². The Hall–Kier alpha value is -3.72. The summed E-state index contributed by atoms with van der Waals surface area (Å²) in [6, 6.07) is 12.0. The highest BCUT2D eigenvalue weighted by molar-refractivity contribution is 6.31. The molecule has 0 saturated heterocycles. The number of aromatic nitrogens is 4. The van der Waals surface area contributed by atoms with Gasteiger partial charge in [0.15, 0.2) is 11.2 Å². The molecule has 10 heteroatoms. The van der Waals surface area contributed by atoms with Crippen molar-refractivity contribution in [3.05, 3.63) is 90.8 Å². The zero-order chi connectivity index (χ0) is 22.1. The van der Waals surface area contributed by atoms with Gasteiger partial charge >= 0.3 is 5.69 Å². The van der Waals surface area contributed by atoms with E-state index < -0.39 is 17.1 Å². The van der Waals surface area contributed by atoms with Gasteiger partial charge in [0.05, 0.1) is 12.8 Å². The number of rotatable bonds is 5. The van der Waals surface area contributed by atoms with Crippen LogP contribution in [-0.2, 0) is 13.6 Å². The van der Waals surface area contributed by atoms with Gasteiger partial charge in [-0.1, -0.05) is 47.5 Å². The molecule has 8 nitrogen and oxygen atoms in total. The van der Waals surface area contributed by atoms with E-state index in [-0.39, 0.29) is 34.2 Å². The normalized spacial score (nSPS) is 11.5. The van der Waals surface area contributed by atoms with Gasteiger partial charge in [-0.3, -0.25) is 18.9 Å². The maximum absolute atomic E-state index is 14.4. The highest BCUT2D eigenvalue weighted by Gasteiger charge is 2.19. The van der Waals surface area contributed by atoms with Crippen LogP contribution in [0.2, 0.25) is 5.02 Å². The lowest BCUT2D eigenvalue weighted by molar-refractivity contribution is 0.602. The van der Waals surface area contributed by atoms with E-state index in [0.29, 0.717) is 0 Å². The van der Waals surface area contributed by atoms with Gasteiger partial charge in [-0.2, -0.15) is 10.1 Å². The summed E-state index contributed by atoms with van der Waals surface area (Å²) in [6.45, 7) is 1.89. The molecule has 0 aliphatic heterocycles. The number of hydrazone groups is 1. The fraction of sp³-hybridized carbons (Fsp3) is 0.143. The van der Waals surface area contributed by atoms with E-state index in [9.17, 15) is 14.0 Å². The quantitative estimate of drug-likeness (QED) is 0.368. The van der Waals surface area contributed by atoms with Gasteiger partial charge in [0.2, 0.25) is 5.95 Å². The topological polar surface area (TPSA) is 97.1 Å². The maximum atomic E-state index is 14.4. The number of halogens is 2. The van der Waals surface area contributed by atoms with Gasteiger partial charge in [0.25, 0.3) is 5.56 Å². The van der Waals surface area contributed by atoms with Crippen molar-refractivity contribution >= 4 is 34.9 Å². The molecule has 0 unspecified atom stereocenters. The molecule has 0 aliphatic carbocycles.